The maximum absolute atomic E-state index is 12.4. The molecule has 0 aromatic heterocycles. The quantitative estimate of drug-likeness (QED) is 0.822. The molecular weight excluding hydrogens is 338 g/mol. The van der Waals surface area contributed by atoms with Crippen molar-refractivity contribution in [1.82, 2.24) is 5.32 Å². The molecule has 0 spiro atoms. The molecule has 0 bridgehead atoms. The number of ether oxygens (including phenoxy) is 1. The minimum atomic E-state index is -0.429. The van der Waals surface area contributed by atoms with Gasteiger partial charge in [0.05, 0.1) is 12.6 Å². The molecule has 1 amide bonds. The highest BCUT2D eigenvalue weighted by Gasteiger charge is 2.30. The topological polar surface area (TPSA) is 58.6 Å². The van der Waals surface area contributed by atoms with Crippen LogP contribution in [0.15, 0.2) is 48.5 Å². The Labute approximate surface area is 160 Å². The van der Waals surface area contributed by atoms with E-state index in [1.54, 1.807) is 0 Å². The van der Waals surface area contributed by atoms with Gasteiger partial charge >= 0.3 is 6.09 Å². The Morgan fingerprint density at radius 2 is 1.59 bits per heavy atom. The average Bonchev–Trinajstić information content (AvgIpc) is 3.05. The van der Waals surface area contributed by atoms with Crippen molar-refractivity contribution in [2.75, 3.05) is 13.2 Å². The highest BCUT2D eigenvalue weighted by atomic mass is 16.5. The number of alkyl carbamates (subject to hydrolysis) is 1. The Balaban J connectivity index is 1.41. The minimum absolute atomic E-state index is 0.0329. The van der Waals surface area contributed by atoms with Gasteiger partial charge in [0.15, 0.2) is 0 Å². The van der Waals surface area contributed by atoms with Crippen LogP contribution in [-0.4, -0.2) is 30.5 Å². The number of hydrogen-bond acceptors (Lipinski definition) is 3. The number of rotatable bonds is 5. The molecule has 0 aliphatic heterocycles. The number of fused-ring (bicyclic) bond motifs is 3. The van der Waals surface area contributed by atoms with Gasteiger partial charge in [-0.2, -0.15) is 0 Å². The first kappa shape index (κ1) is 18.1. The van der Waals surface area contributed by atoms with Crippen LogP contribution < -0.4 is 5.32 Å². The Bertz CT molecular complexity index is 752. The van der Waals surface area contributed by atoms with Crippen molar-refractivity contribution in [1.29, 1.82) is 0 Å². The van der Waals surface area contributed by atoms with Crippen LogP contribution in [0, 0.1) is 5.92 Å². The minimum Gasteiger partial charge on any atom is -0.449 e. The molecule has 2 N–H and O–H groups in total. The van der Waals surface area contributed by atoms with Gasteiger partial charge in [0, 0.05) is 5.92 Å². The summed E-state index contributed by atoms with van der Waals surface area (Å²) in [6.07, 6.45) is 5.30. The lowest BCUT2D eigenvalue weighted by Crippen LogP contribution is -2.44. The normalized spacial score (nSPS) is 17.8. The Hall–Kier alpha value is -2.33. The summed E-state index contributed by atoms with van der Waals surface area (Å²) >= 11 is 0. The number of benzene rings is 2. The van der Waals surface area contributed by atoms with Crippen LogP contribution in [0.25, 0.3) is 11.1 Å². The first-order chi connectivity index (χ1) is 13.3. The molecule has 4 heteroatoms. The maximum Gasteiger partial charge on any atom is 0.407 e. The second-order valence-electron chi connectivity index (χ2n) is 7.66. The predicted molar refractivity (Wildman–Crippen MR) is 106 cm³/mol. The molecular formula is C23H27NO3. The van der Waals surface area contributed by atoms with Crippen LogP contribution in [0.1, 0.15) is 49.1 Å². The van der Waals surface area contributed by atoms with Crippen LogP contribution in [0.4, 0.5) is 4.79 Å². The summed E-state index contributed by atoms with van der Waals surface area (Å²) in [6.45, 7) is 0.275. The molecule has 2 aromatic carbocycles. The Kier molecular flexibility index (Phi) is 5.44. The third-order valence-electron chi connectivity index (χ3n) is 6.06. The van der Waals surface area contributed by atoms with Crippen molar-refractivity contribution in [3.63, 3.8) is 0 Å². The number of carbonyl (C=O) groups is 1. The molecule has 1 atom stereocenters. The molecule has 1 saturated carbocycles. The molecule has 0 heterocycles. The SMILES string of the molecule is O=C(N[C@H](CO)C1CCCCC1)OCC1c2ccccc2-c2ccccc21. The third-order valence-corrected chi connectivity index (χ3v) is 6.06. The molecule has 0 radical (unpaired) electrons. The van der Waals surface area contributed by atoms with E-state index < -0.39 is 6.09 Å². The fourth-order valence-electron chi connectivity index (χ4n) is 4.64. The molecule has 1 fully saturated rings. The molecule has 142 valence electrons. The summed E-state index contributed by atoms with van der Waals surface area (Å²) in [5, 5.41) is 12.6. The first-order valence-electron chi connectivity index (χ1n) is 10.0. The summed E-state index contributed by atoms with van der Waals surface area (Å²) in [5.41, 5.74) is 4.85. The van der Waals surface area contributed by atoms with Gasteiger partial charge in [0.2, 0.25) is 0 Å². The lowest BCUT2D eigenvalue weighted by molar-refractivity contribution is 0.117. The maximum atomic E-state index is 12.4. The van der Waals surface area contributed by atoms with Gasteiger partial charge in [0.25, 0.3) is 0 Å². The van der Waals surface area contributed by atoms with Gasteiger partial charge in [-0.3, -0.25) is 0 Å². The molecule has 2 aliphatic rings. The van der Waals surface area contributed by atoms with Gasteiger partial charge in [-0.25, -0.2) is 4.79 Å². The van der Waals surface area contributed by atoms with E-state index in [-0.39, 0.29) is 18.6 Å². The zero-order valence-corrected chi connectivity index (χ0v) is 15.6. The highest BCUT2D eigenvalue weighted by molar-refractivity contribution is 5.79. The van der Waals surface area contributed by atoms with Gasteiger partial charge in [-0.15, -0.1) is 0 Å². The van der Waals surface area contributed by atoms with Crippen LogP contribution >= 0.6 is 0 Å². The lowest BCUT2D eigenvalue weighted by atomic mass is 9.84. The van der Waals surface area contributed by atoms with Crippen molar-refractivity contribution in [2.24, 2.45) is 5.92 Å². The molecule has 27 heavy (non-hydrogen) atoms. The zero-order valence-electron chi connectivity index (χ0n) is 15.6. The number of carbonyl (C=O) groups excluding carboxylic acids is 1. The summed E-state index contributed by atoms with van der Waals surface area (Å²) in [4.78, 5) is 12.4. The van der Waals surface area contributed by atoms with Gasteiger partial charge < -0.3 is 15.2 Å². The number of aliphatic hydroxyl groups excluding tert-OH is 1. The second kappa shape index (κ2) is 8.13. The van der Waals surface area contributed by atoms with E-state index in [1.165, 1.54) is 41.5 Å². The molecule has 4 nitrogen and oxygen atoms in total. The number of nitrogens with one attached hydrogen (secondary N) is 1. The van der Waals surface area contributed by atoms with Crippen LogP contribution in [0.3, 0.4) is 0 Å². The predicted octanol–water partition coefficient (Wildman–Crippen LogP) is 4.47. The van der Waals surface area contributed by atoms with E-state index in [4.69, 9.17) is 4.74 Å². The van der Waals surface area contributed by atoms with E-state index in [0.29, 0.717) is 12.5 Å². The number of hydrogen-bond donors (Lipinski definition) is 2. The largest absolute Gasteiger partial charge is 0.449 e. The molecule has 2 aliphatic carbocycles. The molecule has 4 rings (SSSR count). The van der Waals surface area contributed by atoms with E-state index in [2.05, 4.69) is 29.6 Å². The van der Waals surface area contributed by atoms with Crippen LogP contribution in [0.2, 0.25) is 0 Å². The van der Waals surface area contributed by atoms with E-state index in [9.17, 15) is 9.90 Å². The lowest BCUT2D eigenvalue weighted by Gasteiger charge is -2.29. The van der Waals surface area contributed by atoms with Crippen molar-refractivity contribution >= 4 is 6.09 Å². The smallest absolute Gasteiger partial charge is 0.407 e. The van der Waals surface area contributed by atoms with Gasteiger partial charge in [-0.1, -0.05) is 67.8 Å². The monoisotopic (exact) mass is 365 g/mol. The third kappa shape index (κ3) is 3.72. The van der Waals surface area contributed by atoms with Gasteiger partial charge in [-0.05, 0) is 41.0 Å². The second-order valence-corrected chi connectivity index (χ2v) is 7.66. The molecule has 0 saturated heterocycles. The van der Waals surface area contributed by atoms with Crippen molar-refractivity contribution in [3.05, 3.63) is 59.7 Å². The summed E-state index contributed by atoms with van der Waals surface area (Å²) in [6, 6.07) is 16.4. The van der Waals surface area contributed by atoms with Crippen molar-refractivity contribution in [2.45, 2.75) is 44.1 Å². The first-order valence-corrected chi connectivity index (χ1v) is 10.0. The molecule has 2 aromatic rings. The summed E-state index contributed by atoms with van der Waals surface area (Å²) in [7, 11) is 0. The van der Waals surface area contributed by atoms with E-state index in [0.717, 1.165) is 12.8 Å². The standard InChI is InChI=1S/C23H27NO3/c25-14-22(16-8-2-1-3-9-16)24-23(26)27-15-21-19-12-6-4-10-17(19)18-11-5-7-13-20(18)21/h4-7,10-13,16,21-22,25H,1-3,8-9,14-15H2,(H,24,26)/t22-/m1/s1. The summed E-state index contributed by atoms with van der Waals surface area (Å²) in [5.74, 6) is 0.412. The Morgan fingerprint density at radius 1 is 1.00 bits per heavy atom. The van der Waals surface area contributed by atoms with E-state index in [1.807, 2.05) is 24.3 Å². The van der Waals surface area contributed by atoms with Crippen LogP contribution in [-0.2, 0) is 4.74 Å². The number of amides is 1. The van der Waals surface area contributed by atoms with E-state index >= 15 is 0 Å². The number of aliphatic hydroxyl groups is 1. The fourth-order valence-corrected chi connectivity index (χ4v) is 4.64. The Morgan fingerprint density at radius 3 is 2.19 bits per heavy atom. The average molecular weight is 365 g/mol. The van der Waals surface area contributed by atoms with Crippen molar-refractivity contribution < 1.29 is 14.6 Å². The van der Waals surface area contributed by atoms with Crippen LogP contribution in [0.5, 0.6) is 0 Å². The van der Waals surface area contributed by atoms with Gasteiger partial charge in [0.1, 0.15) is 6.61 Å². The summed E-state index contributed by atoms with van der Waals surface area (Å²) < 4.78 is 5.60. The fraction of sp³-hybridized carbons (Fsp3) is 0.435. The molecule has 0 unspecified atom stereocenters. The van der Waals surface area contributed by atoms with Crippen molar-refractivity contribution in [3.8, 4) is 11.1 Å². The highest BCUT2D eigenvalue weighted by Crippen LogP contribution is 2.44. The zero-order chi connectivity index (χ0) is 18.6.